The van der Waals surface area contributed by atoms with Crippen LogP contribution < -0.4 is 11.1 Å². The Kier molecular flexibility index (Phi) is 3.49. The number of aromatic nitrogens is 1. The van der Waals surface area contributed by atoms with Crippen LogP contribution >= 0.6 is 27.5 Å². The summed E-state index contributed by atoms with van der Waals surface area (Å²) in [6, 6.07) is 6.13. The minimum absolute atomic E-state index is 0.327. The number of nitrogens with two attached hydrogens (primary N) is 1. The van der Waals surface area contributed by atoms with E-state index in [-0.39, 0.29) is 5.82 Å². The lowest BCUT2D eigenvalue weighted by Crippen LogP contribution is -1.96. The monoisotopic (exact) mass is 315 g/mol. The van der Waals surface area contributed by atoms with E-state index >= 15 is 0 Å². The third kappa shape index (κ3) is 2.87. The highest BCUT2D eigenvalue weighted by Crippen LogP contribution is 2.27. The summed E-state index contributed by atoms with van der Waals surface area (Å²) in [4.78, 5) is 4.05. The summed E-state index contributed by atoms with van der Waals surface area (Å²) in [5.41, 5.74) is 6.70. The van der Waals surface area contributed by atoms with Crippen LogP contribution in [0, 0.1) is 5.82 Å². The van der Waals surface area contributed by atoms with Crippen LogP contribution in [-0.4, -0.2) is 4.98 Å². The van der Waals surface area contributed by atoms with Gasteiger partial charge in [-0.1, -0.05) is 11.6 Å². The van der Waals surface area contributed by atoms with Crippen molar-refractivity contribution in [2.45, 2.75) is 0 Å². The Hall–Kier alpha value is -1.33. The van der Waals surface area contributed by atoms with Crippen molar-refractivity contribution in [1.29, 1.82) is 0 Å². The minimum atomic E-state index is -0.327. The number of pyridine rings is 1. The normalized spacial score (nSPS) is 10.3. The average Bonchev–Trinajstić information content (AvgIpc) is 2.27. The number of halogens is 3. The Morgan fingerprint density at radius 1 is 1.35 bits per heavy atom. The summed E-state index contributed by atoms with van der Waals surface area (Å²) >= 11 is 9.06. The second-order valence-electron chi connectivity index (χ2n) is 3.35. The van der Waals surface area contributed by atoms with Crippen LogP contribution in [0.15, 0.2) is 34.9 Å². The Labute approximate surface area is 111 Å². The molecule has 2 aromatic rings. The van der Waals surface area contributed by atoms with Crippen molar-refractivity contribution < 1.29 is 4.39 Å². The number of nitrogen functional groups attached to an aromatic ring is 1. The molecule has 0 aliphatic heterocycles. The zero-order valence-corrected chi connectivity index (χ0v) is 10.9. The quantitative estimate of drug-likeness (QED) is 0.881. The van der Waals surface area contributed by atoms with Gasteiger partial charge in [-0.2, -0.15) is 0 Å². The van der Waals surface area contributed by atoms with E-state index in [1.54, 1.807) is 18.2 Å². The van der Waals surface area contributed by atoms with E-state index < -0.39 is 0 Å². The molecule has 0 aliphatic carbocycles. The van der Waals surface area contributed by atoms with Crippen molar-refractivity contribution in [3.05, 3.63) is 45.8 Å². The molecule has 0 amide bonds. The van der Waals surface area contributed by atoms with Crippen LogP contribution in [0.2, 0.25) is 5.02 Å². The van der Waals surface area contributed by atoms with Crippen molar-refractivity contribution in [2.75, 3.05) is 11.1 Å². The van der Waals surface area contributed by atoms with Gasteiger partial charge in [-0.3, -0.25) is 0 Å². The number of nitrogens with zero attached hydrogens (tertiary/aromatic N) is 1. The lowest BCUT2D eigenvalue weighted by molar-refractivity contribution is 0.621. The first-order valence-corrected chi connectivity index (χ1v) is 5.86. The molecule has 0 spiro atoms. The largest absolute Gasteiger partial charge is 0.397 e. The predicted octanol–water partition coefficient (Wildman–Crippen LogP) is 3.96. The van der Waals surface area contributed by atoms with Gasteiger partial charge in [0, 0.05) is 5.69 Å². The Morgan fingerprint density at radius 3 is 2.76 bits per heavy atom. The summed E-state index contributed by atoms with van der Waals surface area (Å²) < 4.78 is 13.4. The zero-order valence-electron chi connectivity index (χ0n) is 8.55. The molecule has 1 aromatic carbocycles. The lowest BCUT2D eigenvalue weighted by atomic mass is 10.3. The third-order valence-corrected chi connectivity index (χ3v) is 2.94. The van der Waals surface area contributed by atoms with Gasteiger partial charge in [0.1, 0.15) is 11.6 Å². The summed E-state index contributed by atoms with van der Waals surface area (Å²) in [7, 11) is 0. The van der Waals surface area contributed by atoms with Gasteiger partial charge in [0.25, 0.3) is 0 Å². The Morgan fingerprint density at radius 2 is 2.12 bits per heavy atom. The fourth-order valence-corrected chi connectivity index (χ4v) is 1.86. The number of benzene rings is 1. The molecular formula is C11H8BrClFN3. The van der Waals surface area contributed by atoms with Crippen LogP contribution in [0.4, 0.5) is 21.6 Å². The molecule has 17 heavy (non-hydrogen) atoms. The molecule has 2 rings (SSSR count). The second-order valence-corrected chi connectivity index (χ2v) is 4.61. The fourth-order valence-electron chi connectivity index (χ4n) is 1.26. The van der Waals surface area contributed by atoms with E-state index in [9.17, 15) is 4.39 Å². The van der Waals surface area contributed by atoms with Crippen molar-refractivity contribution >= 4 is 44.7 Å². The smallest absolute Gasteiger partial charge is 0.149 e. The fraction of sp³-hybridized carbons (Fsp3) is 0. The van der Waals surface area contributed by atoms with Gasteiger partial charge in [0.05, 0.1) is 21.4 Å². The molecule has 1 aromatic heterocycles. The van der Waals surface area contributed by atoms with Crippen LogP contribution in [0.1, 0.15) is 0 Å². The molecule has 1 heterocycles. The van der Waals surface area contributed by atoms with E-state index in [1.165, 1.54) is 12.3 Å². The van der Waals surface area contributed by atoms with E-state index in [0.29, 0.717) is 26.7 Å². The standard InChI is InChI=1S/C11H8BrClFN3/c12-8-4-7(1-2-10(8)14)17-11-9(13)3-6(15)5-16-11/h1-5H,15H2,(H,16,17). The average molecular weight is 317 g/mol. The van der Waals surface area contributed by atoms with Gasteiger partial charge in [-0.25, -0.2) is 9.37 Å². The van der Waals surface area contributed by atoms with Gasteiger partial charge in [0.2, 0.25) is 0 Å². The molecule has 0 saturated carbocycles. The lowest BCUT2D eigenvalue weighted by Gasteiger charge is -2.08. The minimum Gasteiger partial charge on any atom is -0.397 e. The molecule has 0 saturated heterocycles. The maximum Gasteiger partial charge on any atom is 0.149 e. The Bertz CT molecular complexity index is 562. The molecule has 0 fully saturated rings. The molecule has 0 aliphatic rings. The van der Waals surface area contributed by atoms with E-state index in [1.807, 2.05) is 0 Å². The van der Waals surface area contributed by atoms with Crippen LogP contribution in [0.3, 0.4) is 0 Å². The first-order valence-electron chi connectivity index (χ1n) is 4.69. The number of hydrogen-bond donors (Lipinski definition) is 2. The van der Waals surface area contributed by atoms with Gasteiger partial charge in [0.15, 0.2) is 0 Å². The zero-order chi connectivity index (χ0) is 12.4. The molecule has 0 unspecified atom stereocenters. The van der Waals surface area contributed by atoms with E-state index in [4.69, 9.17) is 17.3 Å². The van der Waals surface area contributed by atoms with E-state index in [0.717, 1.165) is 0 Å². The first kappa shape index (κ1) is 12.1. The van der Waals surface area contributed by atoms with Crippen LogP contribution in [-0.2, 0) is 0 Å². The maximum atomic E-state index is 13.0. The third-order valence-electron chi connectivity index (χ3n) is 2.04. The topological polar surface area (TPSA) is 50.9 Å². The summed E-state index contributed by atoms with van der Waals surface area (Å²) in [5, 5.41) is 3.38. The number of nitrogens with one attached hydrogen (secondary N) is 1. The van der Waals surface area contributed by atoms with Crippen molar-refractivity contribution in [3.63, 3.8) is 0 Å². The molecule has 6 heteroatoms. The summed E-state index contributed by atoms with van der Waals surface area (Å²) in [5.74, 6) is 0.145. The highest BCUT2D eigenvalue weighted by Gasteiger charge is 2.05. The van der Waals surface area contributed by atoms with Crippen molar-refractivity contribution in [3.8, 4) is 0 Å². The first-order chi connectivity index (χ1) is 8.06. The number of anilines is 3. The SMILES string of the molecule is Nc1cnc(Nc2ccc(F)c(Br)c2)c(Cl)c1. The van der Waals surface area contributed by atoms with Gasteiger partial charge >= 0.3 is 0 Å². The highest BCUT2D eigenvalue weighted by atomic mass is 79.9. The van der Waals surface area contributed by atoms with E-state index in [2.05, 4.69) is 26.2 Å². The molecule has 0 atom stereocenters. The van der Waals surface area contributed by atoms with Gasteiger partial charge < -0.3 is 11.1 Å². The van der Waals surface area contributed by atoms with Gasteiger partial charge in [-0.15, -0.1) is 0 Å². The van der Waals surface area contributed by atoms with Gasteiger partial charge in [-0.05, 0) is 40.2 Å². The van der Waals surface area contributed by atoms with Crippen LogP contribution in [0.25, 0.3) is 0 Å². The van der Waals surface area contributed by atoms with Crippen molar-refractivity contribution in [1.82, 2.24) is 4.98 Å². The van der Waals surface area contributed by atoms with Crippen molar-refractivity contribution in [2.24, 2.45) is 0 Å². The number of rotatable bonds is 2. The molecular weight excluding hydrogens is 308 g/mol. The molecule has 0 radical (unpaired) electrons. The molecule has 0 bridgehead atoms. The summed E-state index contributed by atoms with van der Waals surface area (Å²) in [6.45, 7) is 0. The summed E-state index contributed by atoms with van der Waals surface area (Å²) in [6.07, 6.45) is 1.49. The Balaban J connectivity index is 2.28. The second kappa shape index (κ2) is 4.89. The molecule has 3 nitrogen and oxygen atoms in total. The number of hydrogen-bond acceptors (Lipinski definition) is 3. The maximum absolute atomic E-state index is 13.0. The van der Waals surface area contributed by atoms with Crippen LogP contribution in [0.5, 0.6) is 0 Å². The molecule has 3 N–H and O–H groups in total. The predicted molar refractivity (Wildman–Crippen MR) is 71.0 cm³/mol. The highest BCUT2D eigenvalue weighted by molar-refractivity contribution is 9.10. The molecule has 88 valence electrons.